The molecule has 1 N–H and O–H groups in total. The van der Waals surface area contributed by atoms with Gasteiger partial charge in [-0.3, -0.25) is 4.79 Å². The number of anilines is 1. The van der Waals surface area contributed by atoms with Gasteiger partial charge in [-0.2, -0.15) is 0 Å². The van der Waals surface area contributed by atoms with Gasteiger partial charge in [-0.1, -0.05) is 25.7 Å². The summed E-state index contributed by atoms with van der Waals surface area (Å²) in [5.74, 6) is 1.74. The van der Waals surface area contributed by atoms with Crippen LogP contribution in [0, 0.1) is 12.8 Å². The van der Waals surface area contributed by atoms with Crippen LogP contribution in [0.15, 0.2) is 6.07 Å². The number of carbonyl (C=O) groups excluding carboxylic acids is 1. The van der Waals surface area contributed by atoms with Gasteiger partial charge < -0.3 is 10.2 Å². The van der Waals surface area contributed by atoms with Crippen LogP contribution in [0.25, 0.3) is 0 Å². The predicted octanol–water partition coefficient (Wildman–Crippen LogP) is 3.36. The molecular formula is C19H30N4O. The van der Waals surface area contributed by atoms with Crippen molar-refractivity contribution in [3.8, 4) is 0 Å². The summed E-state index contributed by atoms with van der Waals surface area (Å²) in [6.07, 6.45) is 10.7. The van der Waals surface area contributed by atoms with E-state index in [-0.39, 0.29) is 5.91 Å². The molecule has 132 valence electrons. The monoisotopic (exact) mass is 330 g/mol. The lowest BCUT2D eigenvalue weighted by molar-refractivity contribution is -0.121. The second-order valence-electron chi connectivity index (χ2n) is 7.31. The highest BCUT2D eigenvalue weighted by Crippen LogP contribution is 2.28. The van der Waals surface area contributed by atoms with Gasteiger partial charge in [0.1, 0.15) is 0 Å². The number of carbonyl (C=O) groups is 1. The van der Waals surface area contributed by atoms with Gasteiger partial charge >= 0.3 is 0 Å². The second kappa shape index (κ2) is 8.45. The summed E-state index contributed by atoms with van der Waals surface area (Å²) < 4.78 is 0. The number of nitrogens with one attached hydrogen (secondary N) is 1. The molecule has 2 heterocycles. The van der Waals surface area contributed by atoms with Gasteiger partial charge in [0.05, 0.1) is 12.2 Å². The van der Waals surface area contributed by atoms with Crippen molar-refractivity contribution in [1.29, 1.82) is 0 Å². The zero-order valence-corrected chi connectivity index (χ0v) is 14.9. The number of rotatable bonds is 6. The summed E-state index contributed by atoms with van der Waals surface area (Å²) in [6.45, 7) is 4.58. The number of hydrogen-bond donors (Lipinski definition) is 1. The molecule has 3 rings (SSSR count). The predicted molar refractivity (Wildman–Crippen MR) is 95.9 cm³/mol. The summed E-state index contributed by atoms with van der Waals surface area (Å²) in [7, 11) is 0. The Morgan fingerprint density at radius 1 is 1.17 bits per heavy atom. The van der Waals surface area contributed by atoms with Crippen molar-refractivity contribution in [3.05, 3.63) is 17.5 Å². The maximum absolute atomic E-state index is 12.1. The van der Waals surface area contributed by atoms with Crippen molar-refractivity contribution in [1.82, 2.24) is 15.3 Å². The van der Waals surface area contributed by atoms with E-state index in [2.05, 4.69) is 20.2 Å². The molecule has 0 unspecified atom stereocenters. The van der Waals surface area contributed by atoms with Gasteiger partial charge in [-0.25, -0.2) is 9.97 Å². The molecule has 1 amide bonds. The zero-order valence-electron chi connectivity index (χ0n) is 14.9. The third kappa shape index (κ3) is 4.92. The molecular weight excluding hydrogens is 300 g/mol. The number of nitrogens with zero attached hydrogens (tertiary/aromatic N) is 3. The summed E-state index contributed by atoms with van der Waals surface area (Å²) in [4.78, 5) is 23.6. The van der Waals surface area contributed by atoms with Crippen LogP contribution < -0.4 is 10.2 Å². The molecule has 1 aromatic rings. The van der Waals surface area contributed by atoms with Crippen LogP contribution in [0.3, 0.4) is 0 Å². The molecule has 5 nitrogen and oxygen atoms in total. The molecule has 1 saturated carbocycles. The Hall–Kier alpha value is -1.65. The maximum Gasteiger partial charge on any atom is 0.225 e. The van der Waals surface area contributed by atoms with E-state index in [1.165, 1.54) is 44.9 Å². The van der Waals surface area contributed by atoms with Crippen LogP contribution in [0.1, 0.15) is 69.2 Å². The topological polar surface area (TPSA) is 58.1 Å². The number of aryl methyl sites for hydroxylation is 1. The molecule has 1 aromatic heterocycles. The molecule has 0 atom stereocenters. The first kappa shape index (κ1) is 17.2. The lowest BCUT2D eigenvalue weighted by atomic mass is 10.0. The Labute approximate surface area is 145 Å². The molecule has 2 aliphatic rings. The molecule has 0 radical (unpaired) electrons. The van der Waals surface area contributed by atoms with E-state index in [1.54, 1.807) is 0 Å². The van der Waals surface area contributed by atoms with Crippen LogP contribution in [-0.4, -0.2) is 29.0 Å². The molecule has 0 spiro atoms. The zero-order chi connectivity index (χ0) is 16.8. The smallest absolute Gasteiger partial charge is 0.225 e. The van der Waals surface area contributed by atoms with E-state index in [4.69, 9.17) is 0 Å². The van der Waals surface area contributed by atoms with Crippen molar-refractivity contribution in [2.24, 2.45) is 5.92 Å². The quantitative estimate of drug-likeness (QED) is 0.869. The van der Waals surface area contributed by atoms with Gasteiger partial charge in [0.25, 0.3) is 0 Å². The van der Waals surface area contributed by atoms with Gasteiger partial charge in [0, 0.05) is 25.2 Å². The average molecular weight is 330 g/mol. The van der Waals surface area contributed by atoms with Crippen LogP contribution in [-0.2, 0) is 11.3 Å². The number of amides is 1. The van der Waals surface area contributed by atoms with Crippen LogP contribution in [0.5, 0.6) is 0 Å². The summed E-state index contributed by atoms with van der Waals surface area (Å²) in [5, 5.41) is 3.03. The highest BCUT2D eigenvalue weighted by Gasteiger charge is 2.17. The van der Waals surface area contributed by atoms with Crippen molar-refractivity contribution in [3.63, 3.8) is 0 Å². The van der Waals surface area contributed by atoms with Crippen molar-refractivity contribution < 1.29 is 4.79 Å². The van der Waals surface area contributed by atoms with E-state index >= 15 is 0 Å². The van der Waals surface area contributed by atoms with Crippen LogP contribution in [0.2, 0.25) is 0 Å². The molecule has 1 aliphatic heterocycles. The fraction of sp³-hybridized carbons (Fsp3) is 0.737. The molecule has 0 bridgehead atoms. The summed E-state index contributed by atoms with van der Waals surface area (Å²) >= 11 is 0. The van der Waals surface area contributed by atoms with Crippen LogP contribution in [0.4, 0.5) is 5.95 Å². The third-order valence-corrected chi connectivity index (χ3v) is 5.26. The Kier molecular flexibility index (Phi) is 6.05. The van der Waals surface area contributed by atoms with Crippen molar-refractivity contribution >= 4 is 11.9 Å². The first-order chi connectivity index (χ1) is 11.7. The normalized spacial score (nSPS) is 18.8. The minimum absolute atomic E-state index is 0.151. The molecule has 24 heavy (non-hydrogen) atoms. The highest BCUT2D eigenvalue weighted by atomic mass is 16.1. The Morgan fingerprint density at radius 3 is 2.67 bits per heavy atom. The Morgan fingerprint density at radius 2 is 1.92 bits per heavy atom. The number of aromatic nitrogens is 2. The van der Waals surface area contributed by atoms with Crippen molar-refractivity contribution in [2.75, 3.05) is 18.0 Å². The molecule has 0 aromatic carbocycles. The lowest BCUT2D eigenvalue weighted by Crippen LogP contribution is -2.32. The van der Waals surface area contributed by atoms with Gasteiger partial charge in [-0.05, 0) is 44.6 Å². The lowest BCUT2D eigenvalue weighted by Gasteiger charge is -2.27. The Bertz CT molecular complexity index is 548. The number of hydrogen-bond acceptors (Lipinski definition) is 4. The standard InChI is InChI=1S/C19H30N4O/c1-15-13-17(22-19(21-15)23-11-5-2-6-12-23)14-20-18(24)10-9-16-7-3-4-8-16/h13,16H,2-12,14H2,1H3,(H,20,24). The largest absolute Gasteiger partial charge is 0.350 e. The molecule has 2 fully saturated rings. The third-order valence-electron chi connectivity index (χ3n) is 5.26. The van der Waals surface area contributed by atoms with E-state index < -0.39 is 0 Å². The van der Waals surface area contributed by atoms with E-state index in [0.29, 0.717) is 13.0 Å². The minimum Gasteiger partial charge on any atom is -0.350 e. The molecule has 5 heteroatoms. The highest BCUT2D eigenvalue weighted by molar-refractivity contribution is 5.75. The molecule has 1 aliphatic carbocycles. The van der Waals surface area contributed by atoms with E-state index in [0.717, 1.165) is 42.8 Å². The van der Waals surface area contributed by atoms with Crippen molar-refractivity contribution in [2.45, 2.75) is 71.3 Å². The van der Waals surface area contributed by atoms with Gasteiger partial charge in [-0.15, -0.1) is 0 Å². The Balaban J connectivity index is 1.50. The minimum atomic E-state index is 0.151. The van der Waals surface area contributed by atoms with Crippen LogP contribution >= 0.6 is 0 Å². The maximum atomic E-state index is 12.1. The van der Waals surface area contributed by atoms with Gasteiger partial charge in [0.2, 0.25) is 11.9 Å². The first-order valence-corrected chi connectivity index (χ1v) is 9.57. The first-order valence-electron chi connectivity index (χ1n) is 9.57. The number of piperidine rings is 1. The average Bonchev–Trinajstić information content (AvgIpc) is 3.12. The SMILES string of the molecule is Cc1cc(CNC(=O)CCC2CCCC2)nc(N2CCCCC2)n1. The van der Waals surface area contributed by atoms with Gasteiger partial charge in [0.15, 0.2) is 0 Å². The molecule has 1 saturated heterocycles. The van der Waals surface area contributed by atoms with E-state index in [1.807, 2.05) is 13.0 Å². The second-order valence-corrected chi connectivity index (χ2v) is 7.31. The fourth-order valence-corrected chi connectivity index (χ4v) is 3.85. The fourth-order valence-electron chi connectivity index (χ4n) is 3.85. The van der Waals surface area contributed by atoms with E-state index in [9.17, 15) is 4.79 Å². The summed E-state index contributed by atoms with van der Waals surface area (Å²) in [5.41, 5.74) is 1.89. The summed E-state index contributed by atoms with van der Waals surface area (Å²) in [6, 6.07) is 1.98.